The Bertz CT molecular complexity index is 1140. The maximum absolute atomic E-state index is 12.5. The monoisotopic (exact) mass is 588 g/mol. The molecule has 0 heterocycles. The number of anilines is 1. The fourth-order valence-corrected chi connectivity index (χ4v) is 4.47. The van der Waals surface area contributed by atoms with Gasteiger partial charge in [0.15, 0.2) is 0 Å². The van der Waals surface area contributed by atoms with Crippen molar-refractivity contribution in [1.29, 1.82) is 5.26 Å². The average Bonchev–Trinajstić information content (AvgIpc) is 2.74. The molecular formula is C24H18BrIN2O3. The molecule has 0 bridgehead atoms. The first-order valence-electron chi connectivity index (χ1n) is 9.25. The van der Waals surface area contributed by atoms with Gasteiger partial charge in [0.05, 0.1) is 8.04 Å². The highest BCUT2D eigenvalue weighted by Crippen LogP contribution is 2.33. The highest BCUT2D eigenvalue weighted by molar-refractivity contribution is 14.1. The standard InChI is InChI=1S/C24H18BrIN2O3/c1-15-2-4-16(5-3-15)14-31-23-21(25)11-17(12-22(23)26)10-18(13-27)24(30)28-19-6-8-20(29)9-7-19/h2-12,29H,14H2,1H3,(H,28,30)/b18-10+. The number of amides is 1. The lowest BCUT2D eigenvalue weighted by molar-refractivity contribution is -0.112. The van der Waals surface area contributed by atoms with Crippen LogP contribution in [0.25, 0.3) is 6.08 Å². The number of phenols is 1. The number of phenolic OH excluding ortho intramolecular Hbond substituents is 1. The van der Waals surface area contributed by atoms with Crippen LogP contribution >= 0.6 is 38.5 Å². The molecule has 3 rings (SSSR count). The minimum absolute atomic E-state index is 0.0379. The van der Waals surface area contributed by atoms with Gasteiger partial charge in [0.25, 0.3) is 5.91 Å². The number of aromatic hydroxyl groups is 1. The first-order chi connectivity index (χ1) is 14.9. The lowest BCUT2D eigenvalue weighted by Gasteiger charge is -2.12. The van der Waals surface area contributed by atoms with E-state index in [4.69, 9.17) is 4.74 Å². The molecule has 31 heavy (non-hydrogen) atoms. The predicted octanol–water partition coefficient (Wildman–Crippen LogP) is 6.19. The molecule has 2 N–H and O–H groups in total. The van der Waals surface area contributed by atoms with E-state index >= 15 is 0 Å². The highest BCUT2D eigenvalue weighted by Gasteiger charge is 2.13. The summed E-state index contributed by atoms with van der Waals surface area (Å²) in [5.74, 6) is 0.266. The summed E-state index contributed by atoms with van der Waals surface area (Å²) in [5.41, 5.74) is 3.40. The largest absolute Gasteiger partial charge is 0.508 e. The minimum Gasteiger partial charge on any atom is -0.508 e. The van der Waals surface area contributed by atoms with Crippen LogP contribution in [0.4, 0.5) is 5.69 Å². The Morgan fingerprint density at radius 1 is 1.19 bits per heavy atom. The van der Waals surface area contributed by atoms with Crippen LogP contribution in [0.3, 0.4) is 0 Å². The van der Waals surface area contributed by atoms with Crippen molar-refractivity contribution in [3.63, 3.8) is 0 Å². The van der Waals surface area contributed by atoms with Gasteiger partial charge in [0.1, 0.15) is 29.7 Å². The van der Waals surface area contributed by atoms with Crippen LogP contribution in [0.15, 0.2) is 70.7 Å². The number of aryl methyl sites for hydroxylation is 1. The van der Waals surface area contributed by atoms with Gasteiger partial charge in [-0.2, -0.15) is 5.26 Å². The summed E-state index contributed by atoms with van der Waals surface area (Å²) >= 11 is 5.69. The van der Waals surface area contributed by atoms with Crippen LogP contribution in [0, 0.1) is 21.8 Å². The SMILES string of the molecule is Cc1ccc(COc2c(Br)cc(/C=C(\C#N)C(=O)Nc3ccc(O)cc3)cc2I)cc1. The van der Waals surface area contributed by atoms with Gasteiger partial charge in [-0.3, -0.25) is 4.79 Å². The number of nitrogens with zero attached hydrogens (tertiary/aromatic N) is 1. The van der Waals surface area contributed by atoms with E-state index in [9.17, 15) is 15.2 Å². The Morgan fingerprint density at radius 3 is 2.48 bits per heavy atom. The molecule has 0 aliphatic carbocycles. The molecule has 0 radical (unpaired) electrons. The Balaban J connectivity index is 1.76. The van der Waals surface area contributed by atoms with Gasteiger partial charge in [-0.05, 0) is 99.0 Å². The molecule has 0 spiro atoms. The number of carbonyl (C=O) groups is 1. The number of rotatable bonds is 6. The van der Waals surface area contributed by atoms with E-state index in [1.807, 2.05) is 43.3 Å². The molecule has 0 aromatic heterocycles. The van der Waals surface area contributed by atoms with Crippen LogP contribution in [0.2, 0.25) is 0 Å². The summed E-state index contributed by atoms with van der Waals surface area (Å²) in [6, 6.07) is 19.8. The second kappa shape index (κ2) is 10.5. The van der Waals surface area contributed by atoms with Crippen molar-refractivity contribution < 1.29 is 14.6 Å². The van der Waals surface area contributed by atoms with Gasteiger partial charge in [-0.15, -0.1) is 0 Å². The number of carbonyl (C=O) groups excluding carboxylic acids is 1. The Morgan fingerprint density at radius 2 is 1.87 bits per heavy atom. The van der Waals surface area contributed by atoms with Crippen molar-refractivity contribution in [2.75, 3.05) is 5.32 Å². The topological polar surface area (TPSA) is 82.3 Å². The van der Waals surface area contributed by atoms with Gasteiger partial charge < -0.3 is 15.2 Å². The number of nitriles is 1. The molecule has 156 valence electrons. The maximum atomic E-state index is 12.5. The summed E-state index contributed by atoms with van der Waals surface area (Å²) in [6.07, 6.45) is 1.52. The van der Waals surface area contributed by atoms with Crippen LogP contribution < -0.4 is 10.1 Å². The fraction of sp³-hybridized carbons (Fsp3) is 0.0833. The fourth-order valence-electron chi connectivity index (χ4n) is 2.70. The van der Waals surface area contributed by atoms with E-state index in [0.29, 0.717) is 23.6 Å². The van der Waals surface area contributed by atoms with E-state index in [1.165, 1.54) is 23.8 Å². The molecule has 0 saturated carbocycles. The molecule has 1 amide bonds. The van der Waals surface area contributed by atoms with Crippen LogP contribution in [-0.4, -0.2) is 11.0 Å². The summed E-state index contributed by atoms with van der Waals surface area (Å²) < 4.78 is 7.56. The van der Waals surface area contributed by atoms with Crippen LogP contribution in [0.1, 0.15) is 16.7 Å². The zero-order chi connectivity index (χ0) is 22.4. The van der Waals surface area contributed by atoms with Gasteiger partial charge >= 0.3 is 0 Å². The summed E-state index contributed by atoms with van der Waals surface area (Å²) in [6.45, 7) is 2.47. The molecule has 0 aliphatic rings. The molecule has 0 unspecified atom stereocenters. The van der Waals surface area contributed by atoms with Crippen molar-refractivity contribution in [3.8, 4) is 17.6 Å². The average molecular weight is 589 g/mol. The van der Waals surface area contributed by atoms with E-state index in [0.717, 1.165) is 13.6 Å². The zero-order valence-electron chi connectivity index (χ0n) is 16.5. The van der Waals surface area contributed by atoms with Crippen molar-refractivity contribution >= 4 is 56.2 Å². The third-order valence-electron chi connectivity index (χ3n) is 4.33. The first kappa shape index (κ1) is 22.8. The number of benzene rings is 3. The number of nitrogens with one attached hydrogen (secondary N) is 1. The van der Waals surface area contributed by atoms with Crippen LogP contribution in [-0.2, 0) is 11.4 Å². The molecule has 5 nitrogen and oxygen atoms in total. The normalized spacial score (nSPS) is 11.0. The van der Waals surface area contributed by atoms with Gasteiger partial charge in [-0.25, -0.2) is 0 Å². The Hall–Kier alpha value is -2.83. The van der Waals surface area contributed by atoms with Gasteiger partial charge in [0, 0.05) is 5.69 Å². The van der Waals surface area contributed by atoms with Gasteiger partial charge in [0.2, 0.25) is 0 Å². The molecular weight excluding hydrogens is 571 g/mol. The summed E-state index contributed by atoms with van der Waals surface area (Å²) in [5, 5.41) is 21.4. The highest BCUT2D eigenvalue weighted by atomic mass is 127. The van der Waals surface area contributed by atoms with Crippen molar-refractivity contribution in [2.24, 2.45) is 0 Å². The molecule has 0 saturated heterocycles. The second-order valence-corrected chi connectivity index (χ2v) is 8.78. The Labute approximate surface area is 202 Å². The smallest absolute Gasteiger partial charge is 0.266 e. The first-order valence-corrected chi connectivity index (χ1v) is 11.1. The third kappa shape index (κ3) is 6.32. The number of ether oxygens (including phenoxy) is 1. The number of halogens is 2. The zero-order valence-corrected chi connectivity index (χ0v) is 20.3. The molecule has 7 heteroatoms. The predicted molar refractivity (Wildman–Crippen MR) is 133 cm³/mol. The molecule has 0 atom stereocenters. The quantitative estimate of drug-likeness (QED) is 0.156. The van der Waals surface area contributed by atoms with Crippen molar-refractivity contribution in [1.82, 2.24) is 0 Å². The van der Waals surface area contributed by atoms with Crippen molar-refractivity contribution in [2.45, 2.75) is 13.5 Å². The maximum Gasteiger partial charge on any atom is 0.266 e. The number of hydrogen-bond donors (Lipinski definition) is 2. The minimum atomic E-state index is -0.529. The summed E-state index contributed by atoms with van der Waals surface area (Å²) in [7, 11) is 0. The molecule has 3 aromatic carbocycles. The second-order valence-electron chi connectivity index (χ2n) is 6.76. The Kier molecular flexibility index (Phi) is 7.71. The number of hydrogen-bond acceptors (Lipinski definition) is 4. The van der Waals surface area contributed by atoms with E-state index in [1.54, 1.807) is 18.2 Å². The van der Waals surface area contributed by atoms with E-state index in [-0.39, 0.29) is 11.3 Å². The molecule has 0 aliphatic heterocycles. The van der Waals surface area contributed by atoms with Crippen molar-refractivity contribution in [3.05, 3.63) is 91.0 Å². The van der Waals surface area contributed by atoms with E-state index < -0.39 is 5.91 Å². The van der Waals surface area contributed by atoms with E-state index in [2.05, 4.69) is 43.8 Å². The molecule has 3 aromatic rings. The summed E-state index contributed by atoms with van der Waals surface area (Å²) in [4.78, 5) is 12.5. The van der Waals surface area contributed by atoms with Crippen LogP contribution in [0.5, 0.6) is 11.5 Å². The van der Waals surface area contributed by atoms with Gasteiger partial charge in [-0.1, -0.05) is 29.8 Å². The lowest BCUT2D eigenvalue weighted by Crippen LogP contribution is -2.13. The lowest BCUT2D eigenvalue weighted by atomic mass is 10.1. The molecule has 0 fully saturated rings. The third-order valence-corrected chi connectivity index (χ3v) is 5.72.